The van der Waals surface area contributed by atoms with Crippen molar-refractivity contribution in [2.75, 3.05) is 7.11 Å². The number of methoxy groups -OCH3 is 1. The molecule has 2 heterocycles. The molecule has 0 aliphatic rings. The van der Waals surface area contributed by atoms with Gasteiger partial charge in [-0.2, -0.15) is 31.0 Å². The molecule has 0 saturated carbocycles. The first-order valence-electron chi connectivity index (χ1n) is 9.65. The summed E-state index contributed by atoms with van der Waals surface area (Å²) in [6, 6.07) is -0.458. The molecular weight excluding hydrogens is 486 g/mol. The Bertz CT molecular complexity index is 1220. The number of carbonyl (C=O) groups excluding carboxylic acids is 2. The van der Waals surface area contributed by atoms with E-state index >= 15 is 0 Å². The molecule has 0 unspecified atom stereocenters. The van der Waals surface area contributed by atoms with Gasteiger partial charge in [-0.3, -0.25) is 4.79 Å². The lowest BCUT2D eigenvalue weighted by Crippen LogP contribution is -2.29. The first-order valence-corrected chi connectivity index (χ1v) is 9.65. The molecule has 1 aromatic carbocycles. The number of aryl methyl sites for hydroxylation is 1. The van der Waals surface area contributed by atoms with E-state index in [2.05, 4.69) is 30.1 Å². The van der Waals surface area contributed by atoms with Crippen molar-refractivity contribution in [1.82, 2.24) is 30.0 Å². The van der Waals surface area contributed by atoms with Crippen molar-refractivity contribution in [3.05, 3.63) is 64.6 Å². The van der Waals surface area contributed by atoms with Crippen LogP contribution in [-0.2, 0) is 17.1 Å². The summed E-state index contributed by atoms with van der Waals surface area (Å²) in [5, 5.41) is 6.42. The lowest BCUT2D eigenvalue weighted by atomic mass is 10.0. The number of halogens is 6. The molecule has 0 radical (unpaired) electrons. The maximum atomic E-state index is 13.1. The highest BCUT2D eigenvalue weighted by Gasteiger charge is 2.37. The van der Waals surface area contributed by atoms with E-state index in [0.717, 1.165) is 18.0 Å². The van der Waals surface area contributed by atoms with Crippen molar-refractivity contribution < 1.29 is 40.7 Å². The Hall–Kier alpha value is -4.04. The summed E-state index contributed by atoms with van der Waals surface area (Å²) in [4.78, 5) is 36.2. The molecule has 0 aliphatic heterocycles. The number of alkyl halides is 6. The van der Waals surface area contributed by atoms with Gasteiger partial charge in [-0.05, 0) is 32.0 Å². The standard InChI is InChI=1S/C20H16F6N6O3/c1-9(16-30-10(2)31-32(16)15-8-27-14(7-28-15)18(34)35-3)29-17(33)11-4-12(19(21,22)23)6-13(5-11)20(24,25)26/h4-9H,1-3H3,(H,29,33)/t9-/m0/s1. The molecule has 3 aromatic rings. The second kappa shape index (κ2) is 9.31. The van der Waals surface area contributed by atoms with Gasteiger partial charge in [0.1, 0.15) is 5.82 Å². The maximum Gasteiger partial charge on any atom is 0.416 e. The minimum atomic E-state index is -5.10. The van der Waals surface area contributed by atoms with Gasteiger partial charge in [-0.15, -0.1) is 5.10 Å². The highest BCUT2D eigenvalue weighted by Crippen LogP contribution is 2.36. The van der Waals surface area contributed by atoms with E-state index in [1.165, 1.54) is 20.0 Å². The molecule has 0 spiro atoms. The summed E-state index contributed by atoms with van der Waals surface area (Å²) in [6.07, 6.45) is -7.93. The van der Waals surface area contributed by atoms with E-state index in [1.807, 2.05) is 0 Å². The first-order chi connectivity index (χ1) is 16.2. The van der Waals surface area contributed by atoms with E-state index in [0.29, 0.717) is 12.1 Å². The number of esters is 1. The van der Waals surface area contributed by atoms with Gasteiger partial charge < -0.3 is 10.1 Å². The van der Waals surface area contributed by atoms with Gasteiger partial charge in [-0.25, -0.2) is 19.7 Å². The van der Waals surface area contributed by atoms with Crippen molar-refractivity contribution >= 4 is 11.9 Å². The summed E-state index contributed by atoms with van der Waals surface area (Å²) in [5.41, 5.74) is -4.18. The van der Waals surface area contributed by atoms with Crippen LogP contribution in [0.4, 0.5) is 26.3 Å². The van der Waals surface area contributed by atoms with Crippen LogP contribution in [-0.4, -0.2) is 43.7 Å². The lowest BCUT2D eigenvalue weighted by Gasteiger charge is -2.17. The number of benzene rings is 1. The molecular formula is C20H16F6N6O3. The quantitative estimate of drug-likeness (QED) is 0.419. The van der Waals surface area contributed by atoms with E-state index in [9.17, 15) is 35.9 Å². The number of carbonyl (C=O) groups is 2. The normalized spacial score (nSPS) is 12.8. The number of nitrogens with one attached hydrogen (secondary N) is 1. The summed E-state index contributed by atoms with van der Waals surface area (Å²) >= 11 is 0. The van der Waals surface area contributed by atoms with Crippen LogP contribution in [0, 0.1) is 6.92 Å². The number of hydrogen-bond acceptors (Lipinski definition) is 7. The number of hydrogen-bond donors (Lipinski definition) is 1. The van der Waals surface area contributed by atoms with Crippen molar-refractivity contribution in [2.45, 2.75) is 32.2 Å². The average Bonchev–Trinajstić information content (AvgIpc) is 3.19. The van der Waals surface area contributed by atoms with Gasteiger partial charge in [0.2, 0.25) is 0 Å². The summed E-state index contributed by atoms with van der Waals surface area (Å²) in [7, 11) is 1.16. The summed E-state index contributed by atoms with van der Waals surface area (Å²) < 4.78 is 84.3. The third-order valence-electron chi connectivity index (χ3n) is 4.57. The fraction of sp³-hybridized carbons (Fsp3) is 0.300. The van der Waals surface area contributed by atoms with Gasteiger partial charge >= 0.3 is 18.3 Å². The highest BCUT2D eigenvalue weighted by molar-refractivity contribution is 5.95. The van der Waals surface area contributed by atoms with Crippen LogP contribution < -0.4 is 5.32 Å². The van der Waals surface area contributed by atoms with Gasteiger partial charge in [-0.1, -0.05) is 0 Å². The number of rotatable bonds is 5. The zero-order chi connectivity index (χ0) is 26.1. The van der Waals surface area contributed by atoms with Gasteiger partial charge in [0, 0.05) is 5.56 Å². The minimum Gasteiger partial charge on any atom is -0.464 e. The van der Waals surface area contributed by atoms with Crippen LogP contribution in [0.3, 0.4) is 0 Å². The maximum absolute atomic E-state index is 13.1. The van der Waals surface area contributed by atoms with Crippen LogP contribution in [0.15, 0.2) is 30.6 Å². The molecule has 1 atom stereocenters. The Balaban J connectivity index is 1.92. The number of aromatic nitrogens is 5. The van der Waals surface area contributed by atoms with Crippen LogP contribution in [0.25, 0.3) is 5.82 Å². The smallest absolute Gasteiger partial charge is 0.416 e. The van der Waals surface area contributed by atoms with Crippen molar-refractivity contribution in [3.63, 3.8) is 0 Å². The van der Waals surface area contributed by atoms with Crippen LogP contribution in [0.2, 0.25) is 0 Å². The van der Waals surface area contributed by atoms with E-state index in [-0.39, 0.29) is 29.2 Å². The van der Waals surface area contributed by atoms with Crippen molar-refractivity contribution in [2.24, 2.45) is 0 Å². The molecule has 15 heteroatoms. The van der Waals surface area contributed by atoms with E-state index in [4.69, 9.17) is 0 Å². The molecule has 3 rings (SSSR count). The second-order valence-electron chi connectivity index (χ2n) is 7.17. The molecule has 0 fully saturated rings. The highest BCUT2D eigenvalue weighted by atomic mass is 19.4. The molecule has 0 aliphatic carbocycles. The average molecular weight is 502 g/mol. The predicted molar refractivity (Wildman–Crippen MR) is 105 cm³/mol. The largest absolute Gasteiger partial charge is 0.464 e. The third kappa shape index (κ3) is 5.73. The predicted octanol–water partition coefficient (Wildman–Crippen LogP) is 3.68. The van der Waals surface area contributed by atoms with Crippen molar-refractivity contribution in [3.8, 4) is 5.82 Å². The van der Waals surface area contributed by atoms with Crippen LogP contribution >= 0.6 is 0 Å². The molecule has 1 N–H and O–H groups in total. The Morgan fingerprint density at radius 1 is 1.00 bits per heavy atom. The number of amides is 1. The Morgan fingerprint density at radius 3 is 2.09 bits per heavy atom. The van der Waals surface area contributed by atoms with E-state index < -0.39 is 47.0 Å². The molecule has 2 aromatic heterocycles. The molecule has 9 nitrogen and oxygen atoms in total. The topological polar surface area (TPSA) is 112 Å². The fourth-order valence-electron chi connectivity index (χ4n) is 2.95. The summed E-state index contributed by atoms with van der Waals surface area (Å²) in [5.74, 6) is -1.59. The summed E-state index contributed by atoms with van der Waals surface area (Å²) in [6.45, 7) is 2.90. The fourth-order valence-corrected chi connectivity index (χ4v) is 2.95. The Labute approximate surface area is 193 Å². The molecule has 35 heavy (non-hydrogen) atoms. The van der Waals surface area contributed by atoms with Crippen molar-refractivity contribution in [1.29, 1.82) is 0 Å². The van der Waals surface area contributed by atoms with Crippen LogP contribution in [0.1, 0.15) is 56.6 Å². The second-order valence-corrected chi connectivity index (χ2v) is 7.17. The van der Waals surface area contributed by atoms with Gasteiger partial charge in [0.25, 0.3) is 5.91 Å². The molecule has 186 valence electrons. The van der Waals surface area contributed by atoms with Gasteiger partial charge in [0.05, 0.1) is 36.7 Å². The molecule has 0 saturated heterocycles. The zero-order valence-corrected chi connectivity index (χ0v) is 18.2. The molecule has 0 bridgehead atoms. The van der Waals surface area contributed by atoms with Crippen LogP contribution in [0.5, 0.6) is 0 Å². The third-order valence-corrected chi connectivity index (χ3v) is 4.57. The Morgan fingerprint density at radius 2 is 1.60 bits per heavy atom. The number of ether oxygens (including phenoxy) is 1. The SMILES string of the molecule is COC(=O)c1cnc(-n2nc(C)nc2[C@H](C)NC(=O)c2cc(C(F)(F)F)cc(C(F)(F)F)c2)cn1. The monoisotopic (exact) mass is 502 g/mol. The van der Waals surface area contributed by atoms with Gasteiger partial charge in [0.15, 0.2) is 17.3 Å². The minimum absolute atomic E-state index is 0.0546. The Kier molecular flexibility index (Phi) is 6.80. The number of nitrogens with zero attached hydrogens (tertiary/aromatic N) is 5. The van der Waals surface area contributed by atoms with E-state index in [1.54, 1.807) is 0 Å². The first kappa shape index (κ1) is 25.6. The zero-order valence-electron chi connectivity index (χ0n) is 18.2. The lowest BCUT2D eigenvalue weighted by molar-refractivity contribution is -0.143. The molecule has 1 amide bonds.